The molecule has 5 fully saturated rings. The van der Waals surface area contributed by atoms with E-state index in [0.29, 0.717) is 23.9 Å². The highest BCUT2D eigenvalue weighted by Crippen LogP contribution is 2.36. The van der Waals surface area contributed by atoms with Gasteiger partial charge in [0.1, 0.15) is 0 Å². The maximum Gasteiger partial charge on any atom is 0.322 e. The first kappa shape index (κ1) is 36.9. The zero-order valence-corrected chi connectivity index (χ0v) is 32.2. The quantitative estimate of drug-likeness (QED) is 0.258. The Bertz CT molecular complexity index is 1300. The van der Waals surface area contributed by atoms with Gasteiger partial charge in [-0.1, -0.05) is 13.8 Å². The fraction of sp³-hybridized carbons (Fsp3) is 0.682. The van der Waals surface area contributed by atoms with E-state index >= 15 is 0 Å². The molecule has 0 unspecified atom stereocenters. The minimum absolute atomic E-state index is 0.0680. The van der Waals surface area contributed by atoms with Crippen LogP contribution in [0.3, 0.4) is 0 Å². The number of hydrogen-bond donors (Lipinski definition) is 2. The van der Waals surface area contributed by atoms with Gasteiger partial charge in [-0.2, -0.15) is 0 Å². The van der Waals surface area contributed by atoms with Crippen molar-refractivity contribution < 1.29 is 9.59 Å². The molecule has 3 aliphatic carbocycles. The van der Waals surface area contributed by atoms with Crippen LogP contribution in [0.15, 0.2) is 48.5 Å². The normalized spacial score (nSPS) is 28.0. The van der Waals surface area contributed by atoms with Crippen molar-refractivity contribution in [2.24, 2.45) is 23.7 Å². The number of anilines is 4. The minimum atomic E-state index is 0.0680. The number of benzene rings is 2. The lowest BCUT2D eigenvalue weighted by atomic mass is 9.80. The van der Waals surface area contributed by atoms with Crippen LogP contribution in [-0.2, 0) is 0 Å². The van der Waals surface area contributed by atoms with Crippen molar-refractivity contribution in [3.05, 3.63) is 48.5 Å². The number of carbonyl (C=O) groups is 2. The molecule has 0 atom stereocenters. The summed E-state index contributed by atoms with van der Waals surface area (Å²) in [6.07, 6.45) is 18.7. The van der Waals surface area contributed by atoms with E-state index in [1.807, 2.05) is 0 Å². The lowest BCUT2D eigenvalue weighted by Gasteiger charge is -2.41. The molecule has 0 spiro atoms. The highest BCUT2D eigenvalue weighted by atomic mass is 16.2. The van der Waals surface area contributed by atoms with Gasteiger partial charge in [0.2, 0.25) is 0 Å². The Morgan fingerprint density at radius 3 is 1.17 bits per heavy atom. The Kier molecular flexibility index (Phi) is 12.5. The van der Waals surface area contributed by atoms with Gasteiger partial charge in [0.05, 0.1) is 0 Å². The summed E-state index contributed by atoms with van der Waals surface area (Å²) in [6.45, 7) is 10.9. The third kappa shape index (κ3) is 9.57. The van der Waals surface area contributed by atoms with Gasteiger partial charge in [0, 0.05) is 74.1 Å². The molecule has 8 nitrogen and oxygen atoms in total. The second-order valence-electron chi connectivity index (χ2n) is 17.4. The van der Waals surface area contributed by atoms with E-state index in [2.05, 4.69) is 92.6 Å². The Morgan fingerprint density at radius 2 is 0.846 bits per heavy atom. The molecule has 2 saturated heterocycles. The average Bonchev–Trinajstić information content (AvgIpc) is 3.91. The van der Waals surface area contributed by atoms with Crippen molar-refractivity contribution in [2.45, 2.75) is 129 Å². The van der Waals surface area contributed by atoms with Gasteiger partial charge in [-0.05, 0) is 175 Å². The number of nitrogens with zero attached hydrogens (tertiary/aromatic N) is 4. The van der Waals surface area contributed by atoms with Crippen molar-refractivity contribution in [3.63, 3.8) is 0 Å². The van der Waals surface area contributed by atoms with Crippen LogP contribution >= 0.6 is 0 Å². The number of nitrogens with one attached hydrogen (secondary N) is 2. The first-order valence-corrected chi connectivity index (χ1v) is 21.2. The lowest BCUT2D eigenvalue weighted by molar-refractivity contribution is 0.109. The molecule has 0 bridgehead atoms. The molecule has 0 radical (unpaired) electrons. The Hall–Kier alpha value is -3.42. The highest BCUT2D eigenvalue weighted by molar-refractivity contribution is 5.90. The van der Waals surface area contributed by atoms with E-state index in [9.17, 15) is 9.59 Å². The van der Waals surface area contributed by atoms with E-state index in [-0.39, 0.29) is 12.1 Å². The number of urea groups is 2. The lowest BCUT2D eigenvalue weighted by Crippen LogP contribution is -2.48. The molecular weight excluding hydrogens is 645 g/mol. The molecule has 2 aromatic carbocycles. The summed E-state index contributed by atoms with van der Waals surface area (Å²) in [5, 5.41) is 6.59. The van der Waals surface area contributed by atoms with Gasteiger partial charge < -0.3 is 30.2 Å². The highest BCUT2D eigenvalue weighted by Gasteiger charge is 2.34. The fourth-order valence-electron chi connectivity index (χ4n) is 9.91. The van der Waals surface area contributed by atoms with Gasteiger partial charge >= 0.3 is 12.1 Å². The molecule has 8 heteroatoms. The third-order valence-electron chi connectivity index (χ3n) is 13.4. The van der Waals surface area contributed by atoms with Crippen LogP contribution in [-0.4, -0.2) is 73.2 Å². The van der Waals surface area contributed by atoms with Gasteiger partial charge in [-0.25, -0.2) is 9.59 Å². The first-order valence-electron chi connectivity index (χ1n) is 21.2. The Morgan fingerprint density at radius 1 is 0.519 bits per heavy atom. The standard InChI is InChI=1S/C44H66N6O2/c1-33-7-19-41(20-8-33)49(43(51)45-37-15-23-39(24-16-37)47-27-3-4-28-47)31-35-11-13-36(14-12-35)32-50(42-21-9-34(2)10-22-42)44(52)46-38-17-25-40(26-18-38)48-29-5-6-30-48/h15-18,23-26,33-36,41-42H,3-14,19-22,27-32H2,1-2H3,(H,45,51)(H,46,52)/t33?,34?,35-,36-,41?,42?. The molecule has 52 heavy (non-hydrogen) atoms. The Balaban J connectivity index is 0.955. The molecular formula is C44H66N6O2. The number of amides is 4. The SMILES string of the molecule is CC1CCC(N(C[C@H]2CC[C@H](CN(C(=O)Nc3ccc(N4CCCC4)cc3)C3CCC(C)CC3)CC2)C(=O)Nc2ccc(N3CCCC3)cc2)CC1. The smallest absolute Gasteiger partial charge is 0.322 e. The van der Waals surface area contributed by atoms with E-state index in [1.165, 1.54) is 62.7 Å². The van der Waals surface area contributed by atoms with Crippen molar-refractivity contribution in [2.75, 3.05) is 59.7 Å². The van der Waals surface area contributed by atoms with Crippen molar-refractivity contribution >= 4 is 34.8 Å². The predicted octanol–water partition coefficient (Wildman–Crippen LogP) is 10.2. The van der Waals surface area contributed by atoms with Crippen LogP contribution in [0.4, 0.5) is 32.3 Å². The number of carbonyl (C=O) groups excluding carboxylic acids is 2. The average molecular weight is 711 g/mol. The number of rotatable bonds is 10. The van der Waals surface area contributed by atoms with Crippen LogP contribution in [0.25, 0.3) is 0 Å². The molecule has 5 aliphatic rings. The molecule has 2 heterocycles. The second kappa shape index (κ2) is 17.6. The molecule has 4 amide bonds. The molecule has 3 saturated carbocycles. The van der Waals surface area contributed by atoms with E-state index in [4.69, 9.17) is 0 Å². The monoisotopic (exact) mass is 711 g/mol. The maximum atomic E-state index is 14.0. The molecule has 2 N–H and O–H groups in total. The zero-order chi connectivity index (χ0) is 35.9. The second-order valence-corrected chi connectivity index (χ2v) is 17.4. The van der Waals surface area contributed by atoms with Crippen LogP contribution in [0.5, 0.6) is 0 Å². The molecule has 2 aromatic rings. The predicted molar refractivity (Wildman–Crippen MR) is 216 cm³/mol. The molecule has 0 aromatic heterocycles. The van der Waals surface area contributed by atoms with E-state index in [1.54, 1.807) is 0 Å². The summed E-state index contributed by atoms with van der Waals surface area (Å²) >= 11 is 0. The number of hydrogen-bond acceptors (Lipinski definition) is 4. The first-order chi connectivity index (χ1) is 25.4. The van der Waals surface area contributed by atoms with Crippen molar-refractivity contribution in [3.8, 4) is 0 Å². The maximum absolute atomic E-state index is 14.0. The van der Waals surface area contributed by atoms with Gasteiger partial charge in [0.25, 0.3) is 0 Å². The van der Waals surface area contributed by atoms with Crippen LogP contribution in [0, 0.1) is 23.7 Å². The van der Waals surface area contributed by atoms with E-state index < -0.39 is 0 Å². The molecule has 284 valence electrons. The minimum Gasteiger partial charge on any atom is -0.372 e. The summed E-state index contributed by atoms with van der Waals surface area (Å²) in [5.74, 6) is 2.50. The van der Waals surface area contributed by atoms with Gasteiger partial charge in [-0.15, -0.1) is 0 Å². The van der Waals surface area contributed by atoms with Crippen molar-refractivity contribution in [1.29, 1.82) is 0 Å². The van der Waals surface area contributed by atoms with Crippen LogP contribution in [0.1, 0.15) is 117 Å². The topological polar surface area (TPSA) is 71.2 Å². The van der Waals surface area contributed by atoms with E-state index in [0.717, 1.165) is 114 Å². The van der Waals surface area contributed by atoms with Gasteiger partial charge in [-0.3, -0.25) is 0 Å². The summed E-state index contributed by atoms with van der Waals surface area (Å²) in [6, 6.07) is 17.7. The summed E-state index contributed by atoms with van der Waals surface area (Å²) in [7, 11) is 0. The zero-order valence-electron chi connectivity index (χ0n) is 32.2. The molecule has 2 aliphatic heterocycles. The van der Waals surface area contributed by atoms with Crippen LogP contribution in [0.2, 0.25) is 0 Å². The largest absolute Gasteiger partial charge is 0.372 e. The summed E-state index contributed by atoms with van der Waals surface area (Å²) in [5.41, 5.74) is 4.30. The third-order valence-corrected chi connectivity index (χ3v) is 13.4. The summed E-state index contributed by atoms with van der Waals surface area (Å²) < 4.78 is 0. The Labute approximate surface area is 314 Å². The van der Waals surface area contributed by atoms with Gasteiger partial charge in [0.15, 0.2) is 0 Å². The van der Waals surface area contributed by atoms with Crippen LogP contribution < -0.4 is 20.4 Å². The fourth-order valence-corrected chi connectivity index (χ4v) is 9.91. The van der Waals surface area contributed by atoms with Crippen molar-refractivity contribution in [1.82, 2.24) is 9.80 Å². The molecule has 7 rings (SSSR count). The summed E-state index contributed by atoms with van der Waals surface area (Å²) in [4.78, 5) is 37.3.